The molecular weight excluding hydrogens is 509 g/mol. The Kier molecular flexibility index (Phi) is 9.92. The number of hydrogen-bond donors (Lipinski definition) is 1. The molecule has 0 saturated carbocycles. The van der Waals surface area contributed by atoms with Gasteiger partial charge in [0, 0.05) is 17.7 Å². The second kappa shape index (κ2) is 12.8. The predicted octanol–water partition coefficient (Wildman–Crippen LogP) is 9.96. The summed E-state index contributed by atoms with van der Waals surface area (Å²) in [6.07, 6.45) is -2.45. The van der Waals surface area contributed by atoms with Crippen LogP contribution in [-0.2, 0) is 11.0 Å². The smallest absolute Gasteiger partial charge is 0.378 e. The van der Waals surface area contributed by atoms with Crippen LogP contribution >= 0.6 is 0 Å². The van der Waals surface area contributed by atoms with Gasteiger partial charge in [-0.1, -0.05) is 45.9 Å². The molecule has 0 heterocycles. The van der Waals surface area contributed by atoms with Crippen LogP contribution in [0.5, 0.6) is 0 Å². The molecule has 0 aliphatic rings. The van der Waals surface area contributed by atoms with Crippen LogP contribution in [-0.4, -0.2) is 5.78 Å². The molecule has 3 aromatic carbocycles. The van der Waals surface area contributed by atoms with Crippen molar-refractivity contribution in [2.45, 2.75) is 72.0 Å². The molecule has 0 spiro atoms. The molecule has 210 valence electrons. The van der Waals surface area contributed by atoms with Crippen molar-refractivity contribution in [2.24, 2.45) is 11.8 Å². The fourth-order valence-electron chi connectivity index (χ4n) is 4.76. The van der Waals surface area contributed by atoms with E-state index in [2.05, 4.69) is 19.2 Å². The van der Waals surface area contributed by atoms with Crippen LogP contribution in [0, 0.1) is 23.5 Å². The van der Waals surface area contributed by atoms with Crippen molar-refractivity contribution in [1.29, 1.82) is 0 Å². The summed E-state index contributed by atoms with van der Waals surface area (Å²) in [5.74, 6) is -1.17. The van der Waals surface area contributed by atoms with Gasteiger partial charge >= 0.3 is 6.18 Å². The zero-order chi connectivity index (χ0) is 28.9. The van der Waals surface area contributed by atoms with Crippen molar-refractivity contribution in [3.8, 4) is 11.1 Å². The Labute approximate surface area is 227 Å². The molecule has 3 rings (SSSR count). The van der Waals surface area contributed by atoms with E-state index in [0.717, 1.165) is 30.2 Å². The molecule has 0 aliphatic carbocycles. The summed E-state index contributed by atoms with van der Waals surface area (Å²) < 4.78 is 67.7. The maximum Gasteiger partial charge on any atom is 0.416 e. The lowest BCUT2D eigenvalue weighted by Crippen LogP contribution is -2.15. The van der Waals surface area contributed by atoms with E-state index in [0.29, 0.717) is 41.1 Å². The molecule has 2 atom stereocenters. The van der Waals surface area contributed by atoms with Gasteiger partial charge in [0.15, 0.2) is 0 Å². The van der Waals surface area contributed by atoms with Gasteiger partial charge in [-0.25, -0.2) is 8.78 Å². The lowest BCUT2D eigenvalue weighted by atomic mass is 9.85. The van der Waals surface area contributed by atoms with Crippen molar-refractivity contribution >= 4 is 11.5 Å². The van der Waals surface area contributed by atoms with Crippen molar-refractivity contribution < 1.29 is 26.7 Å². The summed E-state index contributed by atoms with van der Waals surface area (Å²) in [6.45, 7) is 9.71. The molecular formula is C32H36F5NO. The van der Waals surface area contributed by atoms with Crippen LogP contribution in [0.4, 0.5) is 27.6 Å². The van der Waals surface area contributed by atoms with Gasteiger partial charge in [-0.15, -0.1) is 0 Å². The number of nitrogens with one attached hydrogen (secondary N) is 1. The standard InChI is InChI=1S/C32H36F5NO/c1-19(2)6-11-31(25-14-27(33)18-28(34)15-25)38-29-16-23(22-7-9-26(10-8-22)32(35,36)37)13-24(17-29)30(21(5)39)12-20(3)4/h7-10,13-20,30-31,38H,6,11-12H2,1-5H3. The molecule has 2 nitrogen and oxygen atoms in total. The van der Waals surface area contributed by atoms with Crippen molar-refractivity contribution in [2.75, 3.05) is 5.32 Å². The fourth-order valence-corrected chi connectivity index (χ4v) is 4.76. The minimum absolute atomic E-state index is 0.0113. The number of benzene rings is 3. The Balaban J connectivity index is 2.11. The Morgan fingerprint density at radius 3 is 1.90 bits per heavy atom. The first-order chi connectivity index (χ1) is 18.2. The highest BCUT2D eigenvalue weighted by Crippen LogP contribution is 2.36. The van der Waals surface area contributed by atoms with Gasteiger partial charge in [-0.2, -0.15) is 13.2 Å². The highest BCUT2D eigenvalue weighted by molar-refractivity contribution is 5.84. The second-order valence-corrected chi connectivity index (χ2v) is 11.1. The van der Waals surface area contributed by atoms with Crippen LogP contribution in [0.1, 0.15) is 82.5 Å². The number of carbonyl (C=O) groups excluding carboxylic acids is 1. The van der Waals surface area contributed by atoms with E-state index in [9.17, 15) is 26.7 Å². The summed E-state index contributed by atoms with van der Waals surface area (Å²) in [5, 5.41) is 3.41. The van der Waals surface area contributed by atoms with E-state index in [1.165, 1.54) is 31.2 Å². The van der Waals surface area contributed by atoms with E-state index < -0.39 is 35.3 Å². The number of Topliss-reactive ketones (excluding diaryl/α,β-unsaturated/α-hetero) is 1. The summed E-state index contributed by atoms with van der Waals surface area (Å²) in [6, 6.07) is 13.4. The number of carbonyl (C=O) groups is 1. The van der Waals surface area contributed by atoms with Gasteiger partial charge in [0.1, 0.15) is 17.4 Å². The second-order valence-electron chi connectivity index (χ2n) is 11.1. The van der Waals surface area contributed by atoms with Crippen LogP contribution in [0.3, 0.4) is 0 Å². The first-order valence-corrected chi connectivity index (χ1v) is 13.3. The SMILES string of the molecule is CC(=O)C(CC(C)C)c1cc(NC(CCC(C)C)c2cc(F)cc(F)c2)cc(-c2ccc(C(F)(F)F)cc2)c1. The van der Waals surface area contributed by atoms with Gasteiger partial charge in [-0.05, 0) is 96.7 Å². The minimum atomic E-state index is -4.45. The molecule has 0 amide bonds. The summed E-state index contributed by atoms with van der Waals surface area (Å²) in [4.78, 5) is 12.7. The van der Waals surface area contributed by atoms with Crippen LogP contribution in [0.15, 0.2) is 60.7 Å². The summed E-state index contributed by atoms with van der Waals surface area (Å²) in [5.41, 5.74) is 2.28. The molecule has 1 N–H and O–H groups in total. The molecule has 0 radical (unpaired) electrons. The van der Waals surface area contributed by atoms with E-state index >= 15 is 0 Å². The number of hydrogen-bond acceptors (Lipinski definition) is 2. The van der Waals surface area contributed by atoms with Gasteiger partial charge in [-0.3, -0.25) is 4.79 Å². The first kappa shape index (κ1) is 30.3. The molecule has 0 aliphatic heterocycles. The monoisotopic (exact) mass is 545 g/mol. The van der Waals surface area contributed by atoms with E-state index in [4.69, 9.17) is 0 Å². The molecule has 0 fully saturated rings. The van der Waals surface area contributed by atoms with Gasteiger partial charge in [0.25, 0.3) is 0 Å². The number of anilines is 1. The average Bonchev–Trinajstić information content (AvgIpc) is 2.83. The molecule has 0 bridgehead atoms. The minimum Gasteiger partial charge on any atom is -0.378 e. The lowest BCUT2D eigenvalue weighted by molar-refractivity contribution is -0.137. The number of rotatable bonds is 11. The maximum absolute atomic E-state index is 14.1. The molecule has 0 aromatic heterocycles. The Morgan fingerprint density at radius 2 is 1.38 bits per heavy atom. The molecule has 39 heavy (non-hydrogen) atoms. The fraction of sp³-hybridized carbons (Fsp3) is 0.406. The Hall–Kier alpha value is -3.22. The topological polar surface area (TPSA) is 29.1 Å². The van der Waals surface area contributed by atoms with Gasteiger partial charge in [0.05, 0.1) is 11.6 Å². The normalized spacial score (nSPS) is 13.5. The van der Waals surface area contributed by atoms with E-state index in [-0.39, 0.29) is 11.7 Å². The lowest BCUT2D eigenvalue weighted by Gasteiger charge is -2.24. The predicted molar refractivity (Wildman–Crippen MR) is 147 cm³/mol. The van der Waals surface area contributed by atoms with Crippen LogP contribution in [0.25, 0.3) is 11.1 Å². The van der Waals surface area contributed by atoms with E-state index in [1.54, 1.807) is 6.07 Å². The van der Waals surface area contributed by atoms with Gasteiger partial charge in [0.2, 0.25) is 0 Å². The zero-order valence-corrected chi connectivity index (χ0v) is 23.0. The zero-order valence-electron chi connectivity index (χ0n) is 23.0. The third-order valence-electron chi connectivity index (χ3n) is 6.76. The average molecular weight is 546 g/mol. The van der Waals surface area contributed by atoms with E-state index in [1.807, 2.05) is 26.0 Å². The van der Waals surface area contributed by atoms with Crippen molar-refractivity contribution in [3.05, 3.63) is 89.0 Å². The molecule has 7 heteroatoms. The van der Waals surface area contributed by atoms with Crippen molar-refractivity contribution in [1.82, 2.24) is 0 Å². The van der Waals surface area contributed by atoms with Crippen LogP contribution in [0.2, 0.25) is 0 Å². The molecule has 0 saturated heterocycles. The van der Waals surface area contributed by atoms with Crippen molar-refractivity contribution in [3.63, 3.8) is 0 Å². The summed E-state index contributed by atoms with van der Waals surface area (Å²) >= 11 is 0. The molecule has 2 unspecified atom stereocenters. The van der Waals surface area contributed by atoms with Crippen LogP contribution < -0.4 is 5.32 Å². The maximum atomic E-state index is 14.1. The first-order valence-electron chi connectivity index (χ1n) is 13.3. The quantitative estimate of drug-likeness (QED) is 0.243. The summed E-state index contributed by atoms with van der Waals surface area (Å²) in [7, 11) is 0. The van der Waals surface area contributed by atoms with Gasteiger partial charge < -0.3 is 5.32 Å². The largest absolute Gasteiger partial charge is 0.416 e. The third-order valence-corrected chi connectivity index (χ3v) is 6.76. The highest BCUT2D eigenvalue weighted by Gasteiger charge is 2.30. The highest BCUT2D eigenvalue weighted by atomic mass is 19.4. The third kappa shape index (κ3) is 8.64. The molecule has 3 aromatic rings. The number of ketones is 1. The number of halogens is 5. The number of alkyl halides is 3. The Bertz CT molecular complexity index is 1240. The Morgan fingerprint density at radius 1 is 0.769 bits per heavy atom.